The third kappa shape index (κ3) is 0.959. The van der Waals surface area contributed by atoms with Crippen molar-refractivity contribution in [1.82, 2.24) is 0 Å². The lowest BCUT2D eigenvalue weighted by Gasteiger charge is -2.37. The molecule has 3 aliphatic rings. The Morgan fingerprint density at radius 3 is 2.81 bits per heavy atom. The Bertz CT molecular complexity index is 366. The van der Waals surface area contributed by atoms with Crippen molar-refractivity contribution in [2.24, 2.45) is 28.6 Å². The van der Waals surface area contributed by atoms with Crippen molar-refractivity contribution in [3.05, 3.63) is 11.6 Å². The standard InChI is InChI=1S/C15H22O/c1-10-4-7-13-14(2,3)11-5-6-12(9-16)15(10,13)8-11/h6,9-11,13H,4-5,7-8H2,1-3H3. The molecule has 2 bridgehead atoms. The predicted octanol–water partition coefficient (Wildman–Crippen LogP) is 3.59. The molecule has 0 amide bonds. The fraction of sp³-hybridized carbons (Fsp3) is 0.800. The van der Waals surface area contributed by atoms with Crippen LogP contribution in [0, 0.1) is 28.6 Å². The average molecular weight is 218 g/mol. The number of hydrogen-bond donors (Lipinski definition) is 0. The van der Waals surface area contributed by atoms with Gasteiger partial charge in [0.05, 0.1) is 0 Å². The Morgan fingerprint density at radius 1 is 1.38 bits per heavy atom. The first-order valence-corrected chi connectivity index (χ1v) is 6.69. The molecule has 0 aromatic carbocycles. The molecule has 1 heteroatoms. The van der Waals surface area contributed by atoms with Gasteiger partial charge in [-0.3, -0.25) is 4.79 Å². The summed E-state index contributed by atoms with van der Waals surface area (Å²) in [6.07, 6.45) is 8.46. The van der Waals surface area contributed by atoms with E-state index < -0.39 is 0 Å². The lowest BCUT2D eigenvalue weighted by atomic mass is 9.65. The molecule has 1 spiro atoms. The summed E-state index contributed by atoms with van der Waals surface area (Å²) in [5.41, 5.74) is 1.84. The van der Waals surface area contributed by atoms with Gasteiger partial charge >= 0.3 is 0 Å². The van der Waals surface area contributed by atoms with Gasteiger partial charge in [0.1, 0.15) is 6.29 Å². The van der Waals surface area contributed by atoms with Crippen LogP contribution in [0.15, 0.2) is 11.6 Å². The van der Waals surface area contributed by atoms with Crippen molar-refractivity contribution in [2.75, 3.05) is 0 Å². The zero-order chi connectivity index (χ0) is 11.6. The summed E-state index contributed by atoms with van der Waals surface area (Å²) in [6.45, 7) is 7.23. The predicted molar refractivity (Wildman–Crippen MR) is 65.0 cm³/mol. The Morgan fingerprint density at radius 2 is 2.12 bits per heavy atom. The lowest BCUT2D eigenvalue weighted by Crippen LogP contribution is -2.33. The van der Waals surface area contributed by atoms with Crippen LogP contribution >= 0.6 is 0 Å². The molecule has 0 aliphatic heterocycles. The van der Waals surface area contributed by atoms with Crippen LogP contribution in [-0.4, -0.2) is 6.29 Å². The molecule has 0 aromatic rings. The molecule has 4 atom stereocenters. The van der Waals surface area contributed by atoms with Gasteiger partial charge in [-0.2, -0.15) is 0 Å². The molecule has 0 N–H and O–H groups in total. The van der Waals surface area contributed by atoms with Crippen molar-refractivity contribution < 1.29 is 4.79 Å². The van der Waals surface area contributed by atoms with Crippen molar-refractivity contribution in [1.29, 1.82) is 0 Å². The largest absolute Gasteiger partial charge is 0.298 e. The second-order valence-electron chi connectivity index (χ2n) is 6.81. The molecule has 88 valence electrons. The Hall–Kier alpha value is -0.590. The van der Waals surface area contributed by atoms with Gasteiger partial charge in [-0.05, 0) is 54.4 Å². The Labute approximate surface area is 98.3 Å². The zero-order valence-corrected chi connectivity index (χ0v) is 10.6. The number of carbonyl (C=O) groups excluding carboxylic acids is 1. The molecular formula is C15H22O. The first-order valence-electron chi connectivity index (χ1n) is 6.69. The molecule has 0 radical (unpaired) electrons. The summed E-state index contributed by atoms with van der Waals surface area (Å²) < 4.78 is 0. The highest BCUT2D eigenvalue weighted by Gasteiger charge is 2.64. The number of aldehydes is 1. The molecule has 2 fully saturated rings. The van der Waals surface area contributed by atoms with Crippen LogP contribution in [0.25, 0.3) is 0 Å². The first kappa shape index (κ1) is 10.6. The number of allylic oxidation sites excluding steroid dienone is 2. The molecule has 3 aliphatic carbocycles. The van der Waals surface area contributed by atoms with Gasteiger partial charge in [0.2, 0.25) is 0 Å². The third-order valence-electron chi connectivity index (χ3n) is 6.21. The van der Waals surface area contributed by atoms with Gasteiger partial charge < -0.3 is 0 Å². The maximum atomic E-state index is 11.4. The van der Waals surface area contributed by atoms with Crippen LogP contribution in [-0.2, 0) is 4.79 Å². The third-order valence-corrected chi connectivity index (χ3v) is 6.21. The molecule has 0 heterocycles. The van der Waals surface area contributed by atoms with Crippen LogP contribution in [0.1, 0.15) is 46.5 Å². The minimum absolute atomic E-state index is 0.258. The van der Waals surface area contributed by atoms with Crippen LogP contribution in [0.5, 0.6) is 0 Å². The number of rotatable bonds is 1. The van der Waals surface area contributed by atoms with Crippen LogP contribution in [0.4, 0.5) is 0 Å². The zero-order valence-electron chi connectivity index (χ0n) is 10.6. The fourth-order valence-corrected chi connectivity index (χ4v) is 5.22. The van der Waals surface area contributed by atoms with Crippen molar-refractivity contribution >= 4 is 6.29 Å². The van der Waals surface area contributed by atoms with Gasteiger partial charge in [-0.25, -0.2) is 0 Å². The smallest absolute Gasteiger partial charge is 0.146 e. The van der Waals surface area contributed by atoms with E-state index in [4.69, 9.17) is 0 Å². The maximum absolute atomic E-state index is 11.4. The van der Waals surface area contributed by atoms with E-state index in [1.807, 2.05) is 0 Å². The molecular weight excluding hydrogens is 196 g/mol. The normalized spacial score (nSPS) is 48.7. The molecule has 3 rings (SSSR count). The monoisotopic (exact) mass is 218 g/mol. The van der Waals surface area contributed by atoms with Crippen molar-refractivity contribution in [3.63, 3.8) is 0 Å². The van der Waals surface area contributed by atoms with Gasteiger partial charge in [-0.1, -0.05) is 26.8 Å². The molecule has 4 unspecified atom stereocenters. The van der Waals surface area contributed by atoms with Gasteiger partial charge in [0.25, 0.3) is 0 Å². The lowest BCUT2D eigenvalue weighted by molar-refractivity contribution is -0.106. The summed E-state index contributed by atoms with van der Waals surface area (Å²) in [5, 5.41) is 0. The second kappa shape index (κ2) is 3.00. The summed E-state index contributed by atoms with van der Waals surface area (Å²) >= 11 is 0. The molecule has 0 aromatic heterocycles. The van der Waals surface area contributed by atoms with E-state index in [9.17, 15) is 4.79 Å². The van der Waals surface area contributed by atoms with E-state index in [0.29, 0.717) is 11.3 Å². The second-order valence-corrected chi connectivity index (χ2v) is 6.81. The van der Waals surface area contributed by atoms with E-state index in [-0.39, 0.29) is 5.41 Å². The summed E-state index contributed by atoms with van der Waals surface area (Å²) in [6, 6.07) is 0. The van der Waals surface area contributed by atoms with Gasteiger partial charge in [0, 0.05) is 5.41 Å². The summed E-state index contributed by atoms with van der Waals surface area (Å²) in [5.74, 6) is 2.27. The van der Waals surface area contributed by atoms with Gasteiger partial charge in [0.15, 0.2) is 0 Å². The summed E-state index contributed by atoms with van der Waals surface area (Å²) in [4.78, 5) is 11.4. The Balaban J connectivity index is 2.16. The Kier molecular flexibility index (Phi) is 1.98. The van der Waals surface area contributed by atoms with Crippen molar-refractivity contribution in [2.45, 2.75) is 46.5 Å². The first-order chi connectivity index (χ1) is 7.53. The fourth-order valence-electron chi connectivity index (χ4n) is 5.22. The van der Waals surface area contributed by atoms with Crippen LogP contribution in [0.2, 0.25) is 0 Å². The average Bonchev–Trinajstić information content (AvgIpc) is 2.65. The van der Waals surface area contributed by atoms with E-state index in [0.717, 1.165) is 30.1 Å². The van der Waals surface area contributed by atoms with Crippen molar-refractivity contribution in [3.8, 4) is 0 Å². The van der Waals surface area contributed by atoms with E-state index >= 15 is 0 Å². The SMILES string of the molecule is CC1CCC2C(C)(C)C3CC=C(C=O)C12C3. The highest BCUT2D eigenvalue weighted by atomic mass is 16.1. The number of carbonyl (C=O) groups is 1. The topological polar surface area (TPSA) is 17.1 Å². The van der Waals surface area contributed by atoms with Gasteiger partial charge in [-0.15, -0.1) is 0 Å². The molecule has 0 saturated heterocycles. The minimum atomic E-state index is 0.258. The van der Waals surface area contributed by atoms with Crippen LogP contribution < -0.4 is 0 Å². The summed E-state index contributed by atoms with van der Waals surface area (Å²) in [7, 11) is 0. The molecule has 16 heavy (non-hydrogen) atoms. The molecule has 2 saturated carbocycles. The van der Waals surface area contributed by atoms with E-state index in [1.54, 1.807) is 0 Å². The van der Waals surface area contributed by atoms with Crippen LogP contribution in [0.3, 0.4) is 0 Å². The highest BCUT2D eigenvalue weighted by Crippen LogP contribution is 2.71. The number of fused-ring (bicyclic) bond motifs is 1. The minimum Gasteiger partial charge on any atom is -0.298 e. The molecule has 1 nitrogen and oxygen atoms in total. The van der Waals surface area contributed by atoms with E-state index in [2.05, 4.69) is 26.8 Å². The quantitative estimate of drug-likeness (QED) is 0.615. The highest BCUT2D eigenvalue weighted by molar-refractivity contribution is 5.77. The van der Waals surface area contributed by atoms with E-state index in [1.165, 1.54) is 19.3 Å². The maximum Gasteiger partial charge on any atom is 0.146 e. The number of hydrogen-bond acceptors (Lipinski definition) is 1.